The summed E-state index contributed by atoms with van der Waals surface area (Å²) in [6.07, 6.45) is 8.47. The molecule has 0 spiro atoms. The largest absolute Gasteiger partial charge is 0.339 e. The zero-order valence-electron chi connectivity index (χ0n) is 13.6. The smallest absolute Gasteiger partial charge is 0.253 e. The van der Waals surface area contributed by atoms with Crippen LogP contribution in [0.25, 0.3) is 0 Å². The molecule has 0 bridgehead atoms. The summed E-state index contributed by atoms with van der Waals surface area (Å²) >= 11 is 6.13. The molecule has 0 saturated carbocycles. The monoisotopic (exact) mass is 317 g/mol. The van der Waals surface area contributed by atoms with Gasteiger partial charge in [0, 0.05) is 35.9 Å². The highest BCUT2D eigenvalue weighted by atomic mass is 35.5. The average Bonchev–Trinajstić information content (AvgIpc) is 2.56. The number of alkyl halides is 1. The lowest BCUT2D eigenvalue weighted by Gasteiger charge is -2.35. The van der Waals surface area contributed by atoms with E-state index in [0.29, 0.717) is 5.88 Å². The van der Waals surface area contributed by atoms with E-state index in [9.17, 15) is 4.79 Å². The zero-order chi connectivity index (χ0) is 16.2. The molecule has 1 amide bonds. The van der Waals surface area contributed by atoms with Crippen molar-refractivity contribution in [2.24, 2.45) is 5.92 Å². The van der Waals surface area contributed by atoms with Gasteiger partial charge in [0.1, 0.15) is 0 Å². The third-order valence-electron chi connectivity index (χ3n) is 4.64. The van der Waals surface area contributed by atoms with E-state index in [1.807, 2.05) is 37.0 Å². The molecule has 0 N–H and O–H groups in total. The van der Waals surface area contributed by atoms with Crippen LogP contribution in [0.3, 0.4) is 0 Å². The van der Waals surface area contributed by atoms with Crippen molar-refractivity contribution < 1.29 is 4.79 Å². The highest BCUT2D eigenvalue weighted by molar-refractivity contribution is 6.18. The predicted octanol–water partition coefficient (Wildman–Crippen LogP) is 4.41. The molecule has 3 heteroatoms. The molecule has 1 aliphatic rings. The first-order chi connectivity index (χ1) is 10.6. The first-order valence-electron chi connectivity index (χ1n) is 7.88. The van der Waals surface area contributed by atoms with Crippen molar-refractivity contribution in [1.82, 2.24) is 4.90 Å². The molecule has 22 heavy (non-hydrogen) atoms. The van der Waals surface area contributed by atoms with Crippen molar-refractivity contribution in [2.45, 2.75) is 26.2 Å². The van der Waals surface area contributed by atoms with E-state index in [2.05, 4.69) is 37.3 Å². The van der Waals surface area contributed by atoms with Gasteiger partial charge in [-0.1, -0.05) is 43.4 Å². The van der Waals surface area contributed by atoms with E-state index in [0.717, 1.165) is 18.7 Å². The standard InChI is InChI=1S/C19H24ClNO/c1-4-21(5-2)18(22)15-9-11-16(12-10-15)19(3)13-7-6-8-17(19)14-20/h6-13,17H,4-5,14H2,1-3H3. The van der Waals surface area contributed by atoms with E-state index in [1.54, 1.807) is 0 Å². The summed E-state index contributed by atoms with van der Waals surface area (Å²) < 4.78 is 0. The topological polar surface area (TPSA) is 20.3 Å². The van der Waals surface area contributed by atoms with Crippen molar-refractivity contribution in [2.75, 3.05) is 19.0 Å². The summed E-state index contributed by atoms with van der Waals surface area (Å²) in [7, 11) is 0. The second-order valence-corrected chi connectivity index (χ2v) is 6.15. The van der Waals surface area contributed by atoms with Crippen molar-refractivity contribution >= 4 is 17.5 Å². The summed E-state index contributed by atoms with van der Waals surface area (Å²) in [5, 5.41) is 0. The summed E-state index contributed by atoms with van der Waals surface area (Å²) in [6, 6.07) is 7.97. The van der Waals surface area contributed by atoms with Gasteiger partial charge in [-0.05, 0) is 31.5 Å². The van der Waals surface area contributed by atoms with Crippen LogP contribution in [-0.2, 0) is 5.41 Å². The molecule has 1 aliphatic carbocycles. The molecule has 0 saturated heterocycles. The Morgan fingerprint density at radius 2 is 1.82 bits per heavy atom. The van der Waals surface area contributed by atoms with Gasteiger partial charge in [0.2, 0.25) is 0 Å². The number of benzene rings is 1. The van der Waals surface area contributed by atoms with Crippen LogP contribution in [-0.4, -0.2) is 29.8 Å². The fraction of sp³-hybridized carbons (Fsp3) is 0.421. The first kappa shape index (κ1) is 16.8. The van der Waals surface area contributed by atoms with Crippen LogP contribution in [0.5, 0.6) is 0 Å². The molecule has 2 rings (SSSR count). The lowest BCUT2D eigenvalue weighted by Crippen LogP contribution is -2.32. The lowest BCUT2D eigenvalue weighted by atomic mass is 9.70. The maximum absolute atomic E-state index is 12.4. The highest BCUT2D eigenvalue weighted by Crippen LogP contribution is 2.37. The van der Waals surface area contributed by atoms with Crippen LogP contribution in [0.4, 0.5) is 0 Å². The van der Waals surface area contributed by atoms with Crippen molar-refractivity contribution in [3.05, 3.63) is 59.7 Å². The average molecular weight is 318 g/mol. The zero-order valence-corrected chi connectivity index (χ0v) is 14.3. The van der Waals surface area contributed by atoms with E-state index < -0.39 is 0 Å². The number of hydrogen-bond donors (Lipinski definition) is 0. The van der Waals surface area contributed by atoms with Crippen molar-refractivity contribution in [3.63, 3.8) is 0 Å². The quantitative estimate of drug-likeness (QED) is 0.737. The fourth-order valence-corrected chi connectivity index (χ4v) is 3.39. The number of carbonyl (C=O) groups is 1. The Morgan fingerprint density at radius 1 is 1.18 bits per heavy atom. The molecular formula is C19H24ClNO. The summed E-state index contributed by atoms with van der Waals surface area (Å²) in [4.78, 5) is 14.2. The minimum atomic E-state index is -0.118. The molecule has 1 aromatic carbocycles. The number of rotatable bonds is 5. The number of halogens is 1. The molecular weight excluding hydrogens is 294 g/mol. The molecule has 2 unspecified atom stereocenters. The molecule has 2 nitrogen and oxygen atoms in total. The van der Waals surface area contributed by atoms with Gasteiger partial charge in [-0.15, -0.1) is 11.6 Å². The van der Waals surface area contributed by atoms with Crippen LogP contribution < -0.4 is 0 Å². The van der Waals surface area contributed by atoms with Gasteiger partial charge >= 0.3 is 0 Å². The number of amides is 1. The van der Waals surface area contributed by atoms with Crippen LogP contribution in [0.1, 0.15) is 36.7 Å². The molecule has 1 aromatic rings. The molecule has 0 radical (unpaired) electrons. The molecule has 118 valence electrons. The van der Waals surface area contributed by atoms with Gasteiger partial charge in [-0.2, -0.15) is 0 Å². The molecule has 0 aliphatic heterocycles. The number of allylic oxidation sites excluding steroid dienone is 4. The third-order valence-corrected chi connectivity index (χ3v) is 4.97. The van der Waals surface area contributed by atoms with Crippen LogP contribution in [0.2, 0.25) is 0 Å². The van der Waals surface area contributed by atoms with Crippen molar-refractivity contribution in [1.29, 1.82) is 0 Å². The van der Waals surface area contributed by atoms with E-state index in [4.69, 9.17) is 11.6 Å². The third kappa shape index (κ3) is 3.12. The highest BCUT2D eigenvalue weighted by Gasteiger charge is 2.32. The first-order valence-corrected chi connectivity index (χ1v) is 8.42. The summed E-state index contributed by atoms with van der Waals surface area (Å²) in [5.74, 6) is 0.940. The Kier molecular flexibility index (Phi) is 5.47. The Bertz CT molecular complexity index is 572. The van der Waals surface area contributed by atoms with Crippen LogP contribution in [0, 0.1) is 5.92 Å². The molecule has 0 heterocycles. The van der Waals surface area contributed by atoms with E-state index >= 15 is 0 Å². The summed E-state index contributed by atoms with van der Waals surface area (Å²) in [5.41, 5.74) is 1.82. The Labute approximate surface area is 138 Å². The fourth-order valence-electron chi connectivity index (χ4n) is 2.96. The lowest BCUT2D eigenvalue weighted by molar-refractivity contribution is 0.0773. The number of hydrogen-bond acceptors (Lipinski definition) is 1. The second-order valence-electron chi connectivity index (χ2n) is 5.84. The molecule has 2 atom stereocenters. The second kappa shape index (κ2) is 7.15. The Balaban J connectivity index is 2.27. The van der Waals surface area contributed by atoms with Gasteiger partial charge in [-0.3, -0.25) is 4.79 Å². The number of nitrogens with zero attached hydrogens (tertiary/aromatic N) is 1. The minimum Gasteiger partial charge on any atom is -0.339 e. The van der Waals surface area contributed by atoms with Gasteiger partial charge in [0.05, 0.1) is 0 Å². The van der Waals surface area contributed by atoms with Crippen LogP contribution in [0.15, 0.2) is 48.6 Å². The summed E-state index contributed by atoms with van der Waals surface area (Å²) in [6.45, 7) is 7.66. The minimum absolute atomic E-state index is 0.0923. The normalized spacial score (nSPS) is 23.5. The predicted molar refractivity (Wildman–Crippen MR) is 93.5 cm³/mol. The van der Waals surface area contributed by atoms with E-state index in [-0.39, 0.29) is 17.2 Å². The maximum atomic E-state index is 12.4. The van der Waals surface area contributed by atoms with E-state index in [1.165, 1.54) is 5.56 Å². The number of carbonyl (C=O) groups excluding carboxylic acids is 1. The van der Waals surface area contributed by atoms with Crippen LogP contribution >= 0.6 is 11.6 Å². The molecule has 0 aromatic heterocycles. The van der Waals surface area contributed by atoms with Gasteiger partial charge in [0.15, 0.2) is 0 Å². The van der Waals surface area contributed by atoms with Gasteiger partial charge < -0.3 is 4.90 Å². The Morgan fingerprint density at radius 3 is 2.36 bits per heavy atom. The van der Waals surface area contributed by atoms with Gasteiger partial charge in [0.25, 0.3) is 5.91 Å². The molecule has 0 fully saturated rings. The van der Waals surface area contributed by atoms with Gasteiger partial charge in [-0.25, -0.2) is 0 Å². The SMILES string of the molecule is CCN(CC)C(=O)c1ccc(C2(C)C=CC=CC2CCl)cc1. The Hall–Kier alpha value is -1.54. The van der Waals surface area contributed by atoms with Crippen molar-refractivity contribution in [3.8, 4) is 0 Å². The maximum Gasteiger partial charge on any atom is 0.253 e.